The zero-order valence-corrected chi connectivity index (χ0v) is 9.15. The summed E-state index contributed by atoms with van der Waals surface area (Å²) in [4.78, 5) is 0. The van der Waals surface area contributed by atoms with Gasteiger partial charge in [0.1, 0.15) is 5.72 Å². The van der Waals surface area contributed by atoms with Crippen molar-refractivity contribution in [3.63, 3.8) is 0 Å². The number of aromatic hydroxyl groups is 2. The van der Waals surface area contributed by atoms with E-state index < -0.39 is 5.72 Å². The van der Waals surface area contributed by atoms with Crippen molar-refractivity contribution in [3.05, 3.63) is 23.8 Å². The minimum atomic E-state index is -1.36. The van der Waals surface area contributed by atoms with Gasteiger partial charge in [0.25, 0.3) is 0 Å². The van der Waals surface area contributed by atoms with Gasteiger partial charge in [0.05, 0.1) is 0 Å². The topological polar surface area (TPSA) is 72.7 Å². The highest BCUT2D eigenvalue weighted by atomic mass is 16.3. The van der Waals surface area contributed by atoms with Crippen LogP contribution >= 0.6 is 0 Å². The van der Waals surface area contributed by atoms with Crippen molar-refractivity contribution in [2.75, 3.05) is 0 Å². The Balaban J connectivity index is 3.09. The van der Waals surface area contributed by atoms with Crippen molar-refractivity contribution in [1.82, 2.24) is 5.32 Å². The number of para-hydroxylation sites is 1. The molecule has 4 heteroatoms. The summed E-state index contributed by atoms with van der Waals surface area (Å²) in [6.07, 6.45) is 0. The molecule has 0 fully saturated rings. The van der Waals surface area contributed by atoms with Gasteiger partial charge in [0, 0.05) is 11.6 Å². The monoisotopic (exact) mass is 211 g/mol. The maximum atomic E-state index is 10.1. The maximum Gasteiger partial charge on any atom is 0.165 e. The summed E-state index contributed by atoms with van der Waals surface area (Å²) < 4.78 is 0. The second-order valence-electron chi connectivity index (χ2n) is 4.04. The Kier molecular flexibility index (Phi) is 3.21. The number of hydrogen-bond donors (Lipinski definition) is 4. The van der Waals surface area contributed by atoms with Gasteiger partial charge < -0.3 is 15.3 Å². The molecule has 0 saturated heterocycles. The van der Waals surface area contributed by atoms with Gasteiger partial charge in [-0.15, -0.1) is 0 Å². The van der Waals surface area contributed by atoms with Crippen LogP contribution in [0.25, 0.3) is 0 Å². The van der Waals surface area contributed by atoms with E-state index in [2.05, 4.69) is 5.32 Å². The van der Waals surface area contributed by atoms with Crippen molar-refractivity contribution < 1.29 is 15.3 Å². The van der Waals surface area contributed by atoms with Crippen LogP contribution < -0.4 is 5.32 Å². The van der Waals surface area contributed by atoms with E-state index in [4.69, 9.17) is 0 Å². The van der Waals surface area contributed by atoms with Crippen LogP contribution in [0.2, 0.25) is 0 Å². The van der Waals surface area contributed by atoms with Gasteiger partial charge >= 0.3 is 0 Å². The summed E-state index contributed by atoms with van der Waals surface area (Å²) in [6.45, 7) is 5.30. The first kappa shape index (κ1) is 11.8. The van der Waals surface area contributed by atoms with E-state index in [1.54, 1.807) is 12.1 Å². The number of aliphatic hydroxyl groups is 1. The molecule has 15 heavy (non-hydrogen) atoms. The molecule has 0 saturated carbocycles. The molecule has 0 aliphatic heterocycles. The molecule has 0 heterocycles. The third-order valence-corrected chi connectivity index (χ3v) is 2.11. The second kappa shape index (κ2) is 4.08. The van der Waals surface area contributed by atoms with E-state index >= 15 is 0 Å². The van der Waals surface area contributed by atoms with Crippen LogP contribution in [0, 0.1) is 0 Å². The van der Waals surface area contributed by atoms with Crippen LogP contribution in [0.3, 0.4) is 0 Å². The largest absolute Gasteiger partial charge is 0.504 e. The molecule has 1 unspecified atom stereocenters. The molecule has 0 aliphatic carbocycles. The Morgan fingerprint density at radius 1 is 1.27 bits per heavy atom. The number of benzene rings is 1. The normalized spacial score (nSPS) is 15.3. The Morgan fingerprint density at radius 2 is 1.87 bits per heavy atom. The standard InChI is InChI=1S/C11H17NO3/c1-7(2)12-11(3,15)8-5-4-6-9(13)10(8)14/h4-7,12-15H,1-3H3. The van der Waals surface area contributed by atoms with E-state index in [-0.39, 0.29) is 23.1 Å². The maximum absolute atomic E-state index is 10.1. The second-order valence-corrected chi connectivity index (χ2v) is 4.04. The summed E-state index contributed by atoms with van der Waals surface area (Å²) in [7, 11) is 0. The highest BCUT2D eigenvalue weighted by Crippen LogP contribution is 2.34. The first-order valence-electron chi connectivity index (χ1n) is 4.86. The number of hydrogen-bond acceptors (Lipinski definition) is 4. The first-order valence-corrected chi connectivity index (χ1v) is 4.86. The van der Waals surface area contributed by atoms with Gasteiger partial charge in [-0.3, -0.25) is 5.32 Å². The Bertz CT molecular complexity index is 348. The lowest BCUT2D eigenvalue weighted by atomic mass is 10.0. The molecule has 1 atom stereocenters. The molecule has 0 aliphatic rings. The number of rotatable bonds is 3. The predicted molar refractivity (Wildman–Crippen MR) is 57.6 cm³/mol. The molecule has 1 rings (SSSR count). The molecule has 0 aromatic heterocycles. The highest BCUT2D eigenvalue weighted by Gasteiger charge is 2.27. The van der Waals surface area contributed by atoms with Gasteiger partial charge in [0.15, 0.2) is 11.5 Å². The molecule has 4 nitrogen and oxygen atoms in total. The fourth-order valence-electron chi connectivity index (χ4n) is 1.56. The fraction of sp³-hybridized carbons (Fsp3) is 0.455. The quantitative estimate of drug-likeness (QED) is 0.448. The molecule has 84 valence electrons. The van der Waals surface area contributed by atoms with Gasteiger partial charge in [0.2, 0.25) is 0 Å². The van der Waals surface area contributed by atoms with Crippen LogP contribution in [0.4, 0.5) is 0 Å². The van der Waals surface area contributed by atoms with Crippen LogP contribution in [-0.2, 0) is 5.72 Å². The van der Waals surface area contributed by atoms with Crippen molar-refractivity contribution >= 4 is 0 Å². The zero-order chi connectivity index (χ0) is 11.6. The number of nitrogens with one attached hydrogen (secondary N) is 1. The number of phenols is 2. The van der Waals surface area contributed by atoms with Crippen molar-refractivity contribution in [3.8, 4) is 11.5 Å². The molecule has 0 radical (unpaired) electrons. The van der Waals surface area contributed by atoms with Crippen molar-refractivity contribution in [2.45, 2.75) is 32.5 Å². The third kappa shape index (κ3) is 2.61. The van der Waals surface area contributed by atoms with E-state index in [1.807, 2.05) is 13.8 Å². The highest BCUT2D eigenvalue weighted by molar-refractivity contribution is 5.46. The summed E-state index contributed by atoms with van der Waals surface area (Å²) in [5.41, 5.74) is -1.10. The SMILES string of the molecule is CC(C)NC(C)(O)c1cccc(O)c1O. The molecule has 1 aromatic rings. The summed E-state index contributed by atoms with van der Waals surface area (Å²) >= 11 is 0. The van der Waals surface area contributed by atoms with E-state index in [0.29, 0.717) is 0 Å². The average molecular weight is 211 g/mol. The van der Waals surface area contributed by atoms with Crippen molar-refractivity contribution in [1.29, 1.82) is 0 Å². The molecular weight excluding hydrogens is 194 g/mol. The Hall–Kier alpha value is -1.26. The molecule has 0 amide bonds. The molecule has 1 aromatic carbocycles. The lowest BCUT2D eigenvalue weighted by Crippen LogP contribution is -2.43. The molecule has 0 bridgehead atoms. The first-order chi connectivity index (χ1) is 6.84. The van der Waals surface area contributed by atoms with E-state index in [0.717, 1.165) is 0 Å². The summed E-state index contributed by atoms with van der Waals surface area (Å²) in [6, 6.07) is 4.55. The van der Waals surface area contributed by atoms with E-state index in [9.17, 15) is 15.3 Å². The smallest absolute Gasteiger partial charge is 0.165 e. The Labute approximate surface area is 89.2 Å². The fourth-order valence-corrected chi connectivity index (χ4v) is 1.56. The lowest BCUT2D eigenvalue weighted by molar-refractivity contribution is 0.00939. The summed E-state index contributed by atoms with van der Waals surface area (Å²) in [5, 5.41) is 31.9. The third-order valence-electron chi connectivity index (χ3n) is 2.11. The van der Waals surface area contributed by atoms with Gasteiger partial charge in [-0.05, 0) is 26.8 Å². The predicted octanol–water partition coefficient (Wildman–Crippen LogP) is 1.26. The van der Waals surface area contributed by atoms with Gasteiger partial charge in [-0.1, -0.05) is 12.1 Å². The van der Waals surface area contributed by atoms with E-state index in [1.165, 1.54) is 13.0 Å². The van der Waals surface area contributed by atoms with Gasteiger partial charge in [-0.25, -0.2) is 0 Å². The molecular formula is C11H17NO3. The minimum Gasteiger partial charge on any atom is -0.504 e. The zero-order valence-electron chi connectivity index (χ0n) is 9.15. The Morgan fingerprint density at radius 3 is 2.40 bits per heavy atom. The van der Waals surface area contributed by atoms with Crippen molar-refractivity contribution in [2.24, 2.45) is 0 Å². The lowest BCUT2D eigenvalue weighted by Gasteiger charge is -2.28. The van der Waals surface area contributed by atoms with Crippen LogP contribution in [-0.4, -0.2) is 21.4 Å². The minimum absolute atomic E-state index is 0.0572. The van der Waals surface area contributed by atoms with Crippen LogP contribution in [0.15, 0.2) is 18.2 Å². The number of phenolic OH excluding ortho intramolecular Hbond substituents is 2. The molecule has 0 spiro atoms. The average Bonchev–Trinajstić information content (AvgIpc) is 2.07. The summed E-state index contributed by atoms with van der Waals surface area (Å²) in [5.74, 6) is -0.533. The van der Waals surface area contributed by atoms with Crippen LogP contribution in [0.1, 0.15) is 26.3 Å². The van der Waals surface area contributed by atoms with Crippen LogP contribution in [0.5, 0.6) is 11.5 Å². The van der Waals surface area contributed by atoms with Gasteiger partial charge in [-0.2, -0.15) is 0 Å². The molecule has 4 N–H and O–H groups in total.